The van der Waals surface area contributed by atoms with E-state index >= 15 is 0 Å². The van der Waals surface area contributed by atoms with Gasteiger partial charge in [-0.1, -0.05) is 12.2 Å². The van der Waals surface area contributed by atoms with Gasteiger partial charge in [0.25, 0.3) is 10.1 Å². The van der Waals surface area contributed by atoms with Crippen LogP contribution in [0, 0.1) is 0 Å². The molecule has 0 atom stereocenters. The van der Waals surface area contributed by atoms with E-state index in [2.05, 4.69) is 0 Å². The smallest absolute Gasteiger partial charge is 0.275 e. The van der Waals surface area contributed by atoms with Gasteiger partial charge in [-0.3, -0.25) is 14.1 Å². The molecular weight excluding hydrogens is 247 g/mol. The maximum absolute atomic E-state index is 10.7. The Balaban J connectivity index is 0. The Morgan fingerprint density at radius 3 is 1.56 bits per heavy atom. The molecule has 85 valence electrons. The van der Waals surface area contributed by atoms with Crippen LogP contribution in [0.1, 0.15) is 0 Å². The monoisotopic (exact) mass is 257 g/mol. The van der Waals surface area contributed by atoms with Crippen molar-refractivity contribution >= 4 is 51.5 Å². The first kappa shape index (κ1) is 17.7. The van der Waals surface area contributed by atoms with Gasteiger partial charge >= 0.3 is 0 Å². The van der Waals surface area contributed by atoms with E-state index in [1.165, 1.54) is 0 Å². The van der Waals surface area contributed by atoms with Crippen LogP contribution in [0.15, 0.2) is 24.3 Å². The third kappa shape index (κ3) is 8.62. The maximum atomic E-state index is 10.7. The first-order chi connectivity index (χ1) is 6.73. The number of nitrogens with two attached hydrogens (primary N) is 2. The zero-order valence-corrected chi connectivity index (χ0v) is 11.3. The quantitative estimate of drug-likeness (QED) is 0.295. The molecule has 0 fully saturated rings. The Kier molecular flexibility index (Phi) is 8.39. The molecule has 0 aliphatic heterocycles. The molecule has 0 aromatic rings. The molecule has 0 bridgehead atoms. The van der Waals surface area contributed by atoms with Crippen molar-refractivity contribution < 1.29 is 22.6 Å². The van der Waals surface area contributed by atoms with Gasteiger partial charge in [-0.15, -0.1) is 0 Å². The fourth-order valence-electron chi connectivity index (χ4n) is 0.642. The van der Waals surface area contributed by atoms with Crippen molar-refractivity contribution in [1.29, 1.82) is 0 Å². The molecule has 5 N–H and O–H groups in total. The average Bonchev–Trinajstić information content (AvgIpc) is 2.00. The summed E-state index contributed by atoms with van der Waals surface area (Å²) >= 11 is 0. The second-order valence-electron chi connectivity index (χ2n) is 2.50. The predicted molar refractivity (Wildman–Crippen MR) is 57.8 cm³/mol. The van der Waals surface area contributed by atoms with E-state index in [0.717, 1.165) is 24.3 Å². The Hall–Kier alpha value is -0.670. The molecule has 0 aromatic carbocycles. The molecule has 16 heavy (non-hydrogen) atoms. The van der Waals surface area contributed by atoms with Crippen molar-refractivity contribution in [3.8, 4) is 0 Å². The fraction of sp³-hybridized carbons (Fsp3) is 0.143. The van der Waals surface area contributed by atoms with Crippen LogP contribution in [-0.2, 0) is 19.7 Å². The first-order valence-electron chi connectivity index (χ1n) is 3.65. The first-order valence-corrected chi connectivity index (χ1v) is 5.15. The van der Waals surface area contributed by atoms with E-state index in [4.69, 9.17) is 16.0 Å². The van der Waals surface area contributed by atoms with E-state index in [9.17, 15) is 18.0 Å². The standard InChI is InChI=1S/C7H10N2O5S.Na/c8-6(10)3-1-5(15(12,13)14)2-4-7(9)11;/h1-5H,(H2,8,10)(H2,9,11)(H,12,13,14);. The molecule has 0 spiro atoms. The van der Waals surface area contributed by atoms with Crippen LogP contribution in [0.5, 0.6) is 0 Å². The third-order valence-corrected chi connectivity index (χ3v) is 2.25. The van der Waals surface area contributed by atoms with Gasteiger partial charge in [0.05, 0.1) is 0 Å². The van der Waals surface area contributed by atoms with Gasteiger partial charge in [-0.2, -0.15) is 8.42 Å². The molecular formula is C7H10N2NaO5S. The van der Waals surface area contributed by atoms with E-state index in [1.807, 2.05) is 0 Å². The van der Waals surface area contributed by atoms with Gasteiger partial charge < -0.3 is 11.5 Å². The molecule has 2 amide bonds. The second-order valence-corrected chi connectivity index (χ2v) is 4.08. The summed E-state index contributed by atoms with van der Waals surface area (Å²) in [6.07, 6.45) is 3.17. The van der Waals surface area contributed by atoms with Gasteiger partial charge in [-0.05, 0) is 0 Å². The third-order valence-electron chi connectivity index (χ3n) is 1.24. The number of rotatable bonds is 5. The summed E-state index contributed by atoms with van der Waals surface area (Å²) in [5.74, 6) is -1.76. The van der Waals surface area contributed by atoms with Crippen molar-refractivity contribution in [1.82, 2.24) is 0 Å². The Labute approximate surface area is 115 Å². The largest absolute Gasteiger partial charge is 0.366 e. The zero-order chi connectivity index (χ0) is 12.1. The van der Waals surface area contributed by atoms with Crippen LogP contribution in [-0.4, -0.2) is 59.6 Å². The van der Waals surface area contributed by atoms with Crippen LogP contribution < -0.4 is 11.5 Å². The molecule has 0 saturated carbocycles. The minimum absolute atomic E-state index is 0. The molecule has 7 nitrogen and oxygen atoms in total. The number of carbonyl (C=O) groups is 2. The fourth-order valence-corrected chi connectivity index (χ4v) is 1.20. The number of amides is 2. The van der Waals surface area contributed by atoms with Crippen LogP contribution in [0.25, 0.3) is 0 Å². The summed E-state index contributed by atoms with van der Waals surface area (Å²) in [6, 6.07) is 0. The maximum Gasteiger partial charge on any atom is 0.275 e. The van der Waals surface area contributed by atoms with Gasteiger partial charge in [0.15, 0.2) is 0 Å². The molecule has 0 aliphatic carbocycles. The molecule has 0 unspecified atom stereocenters. The van der Waals surface area contributed by atoms with Crippen molar-refractivity contribution in [2.24, 2.45) is 11.5 Å². The minimum Gasteiger partial charge on any atom is -0.366 e. The van der Waals surface area contributed by atoms with E-state index in [-0.39, 0.29) is 29.6 Å². The summed E-state index contributed by atoms with van der Waals surface area (Å²) in [4.78, 5) is 20.6. The zero-order valence-electron chi connectivity index (χ0n) is 8.53. The molecule has 0 aromatic heterocycles. The van der Waals surface area contributed by atoms with Crippen LogP contribution >= 0.6 is 0 Å². The van der Waals surface area contributed by atoms with Gasteiger partial charge in [0.2, 0.25) is 11.8 Å². The Bertz CT molecular complexity index is 390. The number of hydrogen-bond donors (Lipinski definition) is 3. The number of hydrogen-bond acceptors (Lipinski definition) is 4. The van der Waals surface area contributed by atoms with Crippen molar-refractivity contribution in [2.45, 2.75) is 5.25 Å². The van der Waals surface area contributed by atoms with Crippen molar-refractivity contribution in [3.63, 3.8) is 0 Å². The van der Waals surface area contributed by atoms with Crippen molar-refractivity contribution in [3.05, 3.63) is 24.3 Å². The van der Waals surface area contributed by atoms with Crippen molar-refractivity contribution in [2.75, 3.05) is 0 Å². The summed E-state index contributed by atoms with van der Waals surface area (Å²) in [6.45, 7) is 0. The molecule has 0 rings (SSSR count). The number of primary amides is 2. The minimum atomic E-state index is -4.45. The Morgan fingerprint density at radius 1 is 1.06 bits per heavy atom. The Morgan fingerprint density at radius 2 is 1.38 bits per heavy atom. The summed E-state index contributed by atoms with van der Waals surface area (Å²) in [7, 11) is -4.45. The normalized spacial score (nSPS) is 13.6. The second kappa shape index (κ2) is 7.58. The van der Waals surface area contributed by atoms with Crippen LogP contribution in [0.4, 0.5) is 0 Å². The van der Waals surface area contributed by atoms with Gasteiger partial charge in [0.1, 0.15) is 5.25 Å². The molecule has 0 saturated heterocycles. The predicted octanol–water partition coefficient (Wildman–Crippen LogP) is -2.05. The van der Waals surface area contributed by atoms with Gasteiger partial charge in [-0.25, -0.2) is 0 Å². The van der Waals surface area contributed by atoms with Crippen LogP contribution in [0.2, 0.25) is 0 Å². The molecule has 9 heteroatoms. The SMILES string of the molecule is NC(=O)C=CC(C=CC(N)=O)S(=O)(=O)O.[Na]. The molecule has 0 aliphatic rings. The molecule has 0 heterocycles. The van der Waals surface area contributed by atoms with Gasteiger partial charge in [0, 0.05) is 41.7 Å². The van der Waals surface area contributed by atoms with E-state index in [0.29, 0.717) is 0 Å². The summed E-state index contributed by atoms with van der Waals surface area (Å²) in [5, 5.41) is -1.53. The van der Waals surface area contributed by atoms with E-state index < -0.39 is 27.2 Å². The summed E-state index contributed by atoms with van der Waals surface area (Å²) < 4.78 is 30.1. The average molecular weight is 257 g/mol. The topological polar surface area (TPSA) is 141 Å². The number of carbonyl (C=O) groups excluding carboxylic acids is 2. The van der Waals surface area contributed by atoms with E-state index in [1.54, 1.807) is 0 Å². The molecule has 1 radical (unpaired) electrons. The summed E-state index contributed by atoms with van der Waals surface area (Å²) in [5.41, 5.74) is 9.44. The van der Waals surface area contributed by atoms with Crippen LogP contribution in [0.3, 0.4) is 0 Å².